The van der Waals surface area contributed by atoms with Crippen molar-refractivity contribution in [1.82, 2.24) is 0 Å². The highest BCUT2D eigenvalue weighted by Gasteiger charge is 2.15. The number of hydrogen-bond donors (Lipinski definition) is 2. The van der Waals surface area contributed by atoms with Gasteiger partial charge in [0.2, 0.25) is 0 Å². The molecule has 0 bridgehead atoms. The highest BCUT2D eigenvalue weighted by atomic mass is 35.5. The van der Waals surface area contributed by atoms with Crippen molar-refractivity contribution in [2.75, 3.05) is 0 Å². The fourth-order valence-corrected chi connectivity index (χ4v) is 2.11. The molecule has 0 atom stereocenters. The second kappa shape index (κ2) is 5.57. The van der Waals surface area contributed by atoms with Crippen LogP contribution in [0.3, 0.4) is 0 Å². The number of rotatable bonds is 3. The van der Waals surface area contributed by atoms with Crippen molar-refractivity contribution in [3.63, 3.8) is 0 Å². The smallest absolute Gasteiger partial charge is 0.423 e. The van der Waals surface area contributed by atoms with Gasteiger partial charge in [-0.15, -0.1) is 0 Å². The second-order valence-corrected chi connectivity index (χ2v) is 4.58. The first-order valence-corrected chi connectivity index (χ1v) is 6.24. The summed E-state index contributed by atoms with van der Waals surface area (Å²) in [5.74, 6) is 0. The second-order valence-electron chi connectivity index (χ2n) is 4.15. The molecule has 92 valence electrons. The Labute approximate surface area is 112 Å². The Kier molecular flexibility index (Phi) is 4.07. The number of halogens is 1. The molecule has 18 heavy (non-hydrogen) atoms. The van der Waals surface area contributed by atoms with E-state index >= 15 is 0 Å². The monoisotopic (exact) mass is 260 g/mol. The number of aryl methyl sites for hydroxylation is 1. The molecule has 0 fully saturated rings. The van der Waals surface area contributed by atoms with Crippen molar-refractivity contribution in [3.8, 4) is 11.1 Å². The molecule has 0 aliphatic carbocycles. The standard InChI is InChI=1S/C14H14BClO2/c1-2-10-9-12(5-8-14(10)15(17)18)11-3-6-13(16)7-4-11/h3-9,17-18H,2H2,1H3. The SMILES string of the molecule is CCc1cc(-c2ccc(Cl)cc2)ccc1B(O)O. The first-order chi connectivity index (χ1) is 8.61. The fraction of sp³-hybridized carbons (Fsp3) is 0.143. The van der Waals surface area contributed by atoms with E-state index in [-0.39, 0.29) is 0 Å². The van der Waals surface area contributed by atoms with Crippen molar-refractivity contribution in [2.45, 2.75) is 13.3 Å². The lowest BCUT2D eigenvalue weighted by Gasteiger charge is -2.10. The summed E-state index contributed by atoms with van der Waals surface area (Å²) in [5.41, 5.74) is 3.62. The van der Waals surface area contributed by atoms with Gasteiger partial charge in [0.15, 0.2) is 0 Å². The first-order valence-electron chi connectivity index (χ1n) is 5.86. The predicted octanol–water partition coefficient (Wildman–Crippen LogP) is 2.25. The van der Waals surface area contributed by atoms with Crippen LogP contribution in [0, 0.1) is 0 Å². The van der Waals surface area contributed by atoms with E-state index < -0.39 is 7.12 Å². The minimum absolute atomic E-state index is 0.565. The van der Waals surface area contributed by atoms with E-state index in [4.69, 9.17) is 11.6 Å². The zero-order valence-corrected chi connectivity index (χ0v) is 10.9. The molecule has 0 saturated carbocycles. The first kappa shape index (κ1) is 13.2. The van der Waals surface area contributed by atoms with Gasteiger partial charge in [-0.2, -0.15) is 0 Å². The molecule has 2 nitrogen and oxygen atoms in total. The van der Waals surface area contributed by atoms with Crippen molar-refractivity contribution < 1.29 is 10.0 Å². The van der Waals surface area contributed by atoms with E-state index in [9.17, 15) is 10.0 Å². The van der Waals surface area contributed by atoms with Crippen LogP contribution in [0.2, 0.25) is 5.02 Å². The van der Waals surface area contributed by atoms with Crippen LogP contribution in [-0.4, -0.2) is 17.2 Å². The van der Waals surface area contributed by atoms with Gasteiger partial charge < -0.3 is 10.0 Å². The minimum Gasteiger partial charge on any atom is -0.423 e. The van der Waals surface area contributed by atoms with Crippen LogP contribution in [-0.2, 0) is 6.42 Å². The van der Waals surface area contributed by atoms with Gasteiger partial charge in [-0.3, -0.25) is 0 Å². The lowest BCUT2D eigenvalue weighted by molar-refractivity contribution is 0.425. The molecule has 0 heterocycles. The van der Waals surface area contributed by atoms with Gasteiger partial charge in [0.25, 0.3) is 0 Å². The van der Waals surface area contributed by atoms with Crippen LogP contribution in [0.25, 0.3) is 11.1 Å². The molecule has 0 aliphatic heterocycles. The largest absolute Gasteiger partial charge is 0.488 e. The summed E-state index contributed by atoms with van der Waals surface area (Å²) in [6.45, 7) is 1.99. The Morgan fingerprint density at radius 1 is 1.00 bits per heavy atom. The molecule has 0 amide bonds. The Morgan fingerprint density at radius 3 is 2.17 bits per heavy atom. The summed E-state index contributed by atoms with van der Waals surface area (Å²) in [6.07, 6.45) is 0.758. The van der Waals surface area contributed by atoms with E-state index in [1.807, 2.05) is 43.3 Å². The fourth-order valence-electron chi connectivity index (χ4n) is 1.99. The molecule has 4 heteroatoms. The molecule has 2 rings (SSSR count). The van der Waals surface area contributed by atoms with E-state index in [2.05, 4.69) is 0 Å². The average molecular weight is 261 g/mol. The van der Waals surface area contributed by atoms with Gasteiger partial charge in [-0.1, -0.05) is 48.9 Å². The lowest BCUT2D eigenvalue weighted by atomic mass is 9.75. The summed E-state index contributed by atoms with van der Waals surface area (Å²) < 4.78 is 0. The summed E-state index contributed by atoms with van der Waals surface area (Å²) in [5, 5.41) is 19.2. The Morgan fingerprint density at radius 2 is 1.61 bits per heavy atom. The zero-order valence-electron chi connectivity index (χ0n) is 10.1. The molecule has 0 aliphatic rings. The maximum absolute atomic E-state index is 9.27. The third-order valence-corrected chi connectivity index (χ3v) is 3.23. The zero-order chi connectivity index (χ0) is 13.1. The van der Waals surface area contributed by atoms with E-state index in [1.165, 1.54) is 0 Å². The normalized spacial score (nSPS) is 10.4. The Balaban J connectivity index is 2.44. The van der Waals surface area contributed by atoms with Gasteiger partial charge in [-0.25, -0.2) is 0 Å². The van der Waals surface area contributed by atoms with E-state index in [0.717, 1.165) is 23.1 Å². The average Bonchev–Trinajstić information content (AvgIpc) is 2.38. The highest BCUT2D eigenvalue weighted by molar-refractivity contribution is 6.59. The van der Waals surface area contributed by atoms with Crippen LogP contribution in [0.1, 0.15) is 12.5 Å². The van der Waals surface area contributed by atoms with Gasteiger partial charge in [0.05, 0.1) is 0 Å². The predicted molar refractivity (Wildman–Crippen MR) is 76.1 cm³/mol. The lowest BCUT2D eigenvalue weighted by Crippen LogP contribution is -2.32. The minimum atomic E-state index is -1.42. The Hall–Kier alpha value is -1.29. The summed E-state index contributed by atoms with van der Waals surface area (Å²) in [7, 11) is -1.42. The van der Waals surface area contributed by atoms with Crippen LogP contribution in [0.15, 0.2) is 42.5 Å². The molecule has 2 aromatic rings. The molecule has 0 spiro atoms. The van der Waals surface area contributed by atoms with E-state index in [0.29, 0.717) is 10.5 Å². The molecular weight excluding hydrogens is 246 g/mol. The van der Waals surface area contributed by atoms with Crippen molar-refractivity contribution in [1.29, 1.82) is 0 Å². The van der Waals surface area contributed by atoms with Gasteiger partial charge in [-0.05, 0) is 40.7 Å². The van der Waals surface area contributed by atoms with Crippen molar-refractivity contribution in [3.05, 3.63) is 53.1 Å². The summed E-state index contributed by atoms with van der Waals surface area (Å²) >= 11 is 5.86. The van der Waals surface area contributed by atoms with Gasteiger partial charge in [0.1, 0.15) is 0 Å². The summed E-state index contributed by atoms with van der Waals surface area (Å²) in [4.78, 5) is 0. The maximum atomic E-state index is 9.27. The van der Waals surface area contributed by atoms with Crippen LogP contribution < -0.4 is 5.46 Å². The molecule has 0 aromatic heterocycles. The number of benzene rings is 2. The van der Waals surface area contributed by atoms with Crippen LogP contribution in [0.5, 0.6) is 0 Å². The maximum Gasteiger partial charge on any atom is 0.488 e. The van der Waals surface area contributed by atoms with Gasteiger partial charge >= 0.3 is 7.12 Å². The Bertz CT molecular complexity index is 538. The van der Waals surface area contributed by atoms with Crippen LogP contribution >= 0.6 is 11.6 Å². The third kappa shape index (κ3) is 2.75. The quantitative estimate of drug-likeness (QED) is 0.831. The topological polar surface area (TPSA) is 40.5 Å². The molecule has 2 aromatic carbocycles. The van der Waals surface area contributed by atoms with Crippen molar-refractivity contribution in [2.24, 2.45) is 0 Å². The van der Waals surface area contributed by atoms with Crippen LogP contribution in [0.4, 0.5) is 0 Å². The van der Waals surface area contributed by atoms with Gasteiger partial charge in [0, 0.05) is 5.02 Å². The van der Waals surface area contributed by atoms with E-state index in [1.54, 1.807) is 6.07 Å². The molecule has 0 radical (unpaired) electrons. The third-order valence-electron chi connectivity index (χ3n) is 2.98. The molecule has 2 N–H and O–H groups in total. The number of hydrogen-bond acceptors (Lipinski definition) is 2. The van der Waals surface area contributed by atoms with Crippen molar-refractivity contribution >= 4 is 24.2 Å². The molecule has 0 saturated heterocycles. The molecule has 0 unspecified atom stereocenters. The molecular formula is C14H14BClO2. The highest BCUT2D eigenvalue weighted by Crippen LogP contribution is 2.22. The summed E-state index contributed by atoms with van der Waals surface area (Å²) in [6, 6.07) is 13.2.